The van der Waals surface area contributed by atoms with E-state index in [4.69, 9.17) is 17.3 Å². The fourth-order valence-electron chi connectivity index (χ4n) is 2.17. The number of aromatic nitrogens is 4. The Morgan fingerprint density at radius 3 is 2.67 bits per heavy atom. The van der Waals surface area contributed by atoms with Crippen molar-refractivity contribution in [2.24, 2.45) is 0 Å². The first kappa shape index (κ1) is 13.6. The topological polar surface area (TPSA) is 69.6 Å². The van der Waals surface area contributed by atoms with Crippen LogP contribution in [0, 0.1) is 0 Å². The van der Waals surface area contributed by atoms with Gasteiger partial charge in [0.05, 0.1) is 0 Å². The molecule has 1 aromatic heterocycles. The second kappa shape index (κ2) is 5.93. The van der Waals surface area contributed by atoms with Crippen LogP contribution in [0.15, 0.2) is 48.5 Å². The summed E-state index contributed by atoms with van der Waals surface area (Å²) >= 11 is 5.92. The van der Waals surface area contributed by atoms with Gasteiger partial charge >= 0.3 is 0 Å². The number of nitrogens with two attached hydrogens (primary N) is 1. The standard InChI is InChI=1S/C15H14ClN5/c16-12-6-7-13(14(17)10-12)15-18-19-20-21(15)9-8-11-4-2-1-3-5-11/h1-7,10H,8-9,17H2. The van der Waals surface area contributed by atoms with Gasteiger partial charge in [0.1, 0.15) is 0 Å². The van der Waals surface area contributed by atoms with Gasteiger partial charge < -0.3 is 5.73 Å². The van der Waals surface area contributed by atoms with Crippen molar-refractivity contribution in [3.8, 4) is 11.4 Å². The number of nitrogens with zero attached hydrogens (tertiary/aromatic N) is 4. The fourth-order valence-corrected chi connectivity index (χ4v) is 2.35. The number of anilines is 1. The minimum absolute atomic E-state index is 0.568. The lowest BCUT2D eigenvalue weighted by Crippen LogP contribution is -2.06. The third-order valence-electron chi connectivity index (χ3n) is 3.24. The second-order valence-electron chi connectivity index (χ2n) is 4.69. The lowest BCUT2D eigenvalue weighted by atomic mass is 10.1. The molecule has 5 nitrogen and oxygen atoms in total. The molecule has 0 saturated carbocycles. The molecule has 0 aliphatic carbocycles. The summed E-state index contributed by atoms with van der Waals surface area (Å²) in [7, 11) is 0. The first-order valence-corrected chi connectivity index (χ1v) is 6.97. The highest BCUT2D eigenvalue weighted by atomic mass is 35.5. The van der Waals surface area contributed by atoms with Crippen LogP contribution in [-0.2, 0) is 13.0 Å². The molecule has 0 radical (unpaired) electrons. The van der Waals surface area contributed by atoms with E-state index in [1.54, 1.807) is 16.8 Å². The number of aryl methyl sites for hydroxylation is 2. The van der Waals surface area contributed by atoms with Gasteiger partial charge in [-0.15, -0.1) is 5.10 Å². The maximum atomic E-state index is 6.00. The monoisotopic (exact) mass is 299 g/mol. The third-order valence-corrected chi connectivity index (χ3v) is 3.48. The Kier molecular flexibility index (Phi) is 3.83. The van der Waals surface area contributed by atoms with E-state index in [9.17, 15) is 0 Å². The fraction of sp³-hybridized carbons (Fsp3) is 0.133. The summed E-state index contributed by atoms with van der Waals surface area (Å²) in [4.78, 5) is 0. The molecule has 1 heterocycles. The zero-order valence-corrected chi connectivity index (χ0v) is 12.0. The Labute approximate surface area is 127 Å². The highest BCUT2D eigenvalue weighted by molar-refractivity contribution is 6.31. The van der Waals surface area contributed by atoms with Gasteiger partial charge in [-0.1, -0.05) is 41.9 Å². The summed E-state index contributed by atoms with van der Waals surface area (Å²) < 4.78 is 1.76. The van der Waals surface area contributed by atoms with E-state index in [1.165, 1.54) is 5.56 Å². The Morgan fingerprint density at radius 1 is 1.10 bits per heavy atom. The molecule has 0 fully saturated rings. The Balaban J connectivity index is 1.84. The molecular formula is C15H14ClN5. The zero-order chi connectivity index (χ0) is 14.7. The highest BCUT2D eigenvalue weighted by Gasteiger charge is 2.12. The van der Waals surface area contributed by atoms with Crippen molar-refractivity contribution in [2.45, 2.75) is 13.0 Å². The molecule has 0 unspecified atom stereocenters. The van der Waals surface area contributed by atoms with E-state index in [1.807, 2.05) is 24.3 Å². The summed E-state index contributed by atoms with van der Waals surface area (Å²) in [6.45, 7) is 0.689. The van der Waals surface area contributed by atoms with E-state index < -0.39 is 0 Å². The van der Waals surface area contributed by atoms with E-state index >= 15 is 0 Å². The molecule has 0 saturated heterocycles. The largest absolute Gasteiger partial charge is 0.398 e. The van der Waals surface area contributed by atoms with Gasteiger partial charge in [-0.05, 0) is 40.6 Å². The van der Waals surface area contributed by atoms with Crippen LogP contribution in [0.1, 0.15) is 5.56 Å². The first-order valence-electron chi connectivity index (χ1n) is 6.59. The number of nitrogen functional groups attached to an aromatic ring is 1. The van der Waals surface area contributed by atoms with Gasteiger partial charge in [0, 0.05) is 22.8 Å². The molecule has 0 spiro atoms. The van der Waals surface area contributed by atoms with Crippen molar-refractivity contribution in [1.29, 1.82) is 0 Å². The van der Waals surface area contributed by atoms with Crippen molar-refractivity contribution in [2.75, 3.05) is 5.73 Å². The molecule has 6 heteroatoms. The van der Waals surface area contributed by atoms with Crippen LogP contribution in [-0.4, -0.2) is 20.2 Å². The molecular weight excluding hydrogens is 286 g/mol. The summed E-state index contributed by atoms with van der Waals surface area (Å²) in [6.07, 6.45) is 0.854. The predicted molar refractivity (Wildman–Crippen MR) is 82.8 cm³/mol. The minimum Gasteiger partial charge on any atom is -0.398 e. The first-order chi connectivity index (χ1) is 10.2. The molecule has 0 bridgehead atoms. The van der Waals surface area contributed by atoms with E-state index in [2.05, 4.69) is 27.7 Å². The SMILES string of the molecule is Nc1cc(Cl)ccc1-c1nnnn1CCc1ccccc1. The van der Waals surface area contributed by atoms with E-state index in [0.29, 0.717) is 23.1 Å². The summed E-state index contributed by atoms with van der Waals surface area (Å²) in [5.74, 6) is 0.653. The number of halogens is 1. The van der Waals surface area contributed by atoms with Gasteiger partial charge in [-0.25, -0.2) is 4.68 Å². The minimum atomic E-state index is 0.568. The van der Waals surface area contributed by atoms with Crippen molar-refractivity contribution < 1.29 is 0 Å². The van der Waals surface area contributed by atoms with Gasteiger partial charge in [0.15, 0.2) is 5.82 Å². The average Bonchev–Trinajstić information content (AvgIpc) is 2.94. The van der Waals surface area contributed by atoms with Crippen LogP contribution < -0.4 is 5.73 Å². The smallest absolute Gasteiger partial charge is 0.184 e. The molecule has 2 aromatic carbocycles. The number of hydrogen-bond donors (Lipinski definition) is 1. The van der Waals surface area contributed by atoms with Crippen molar-refractivity contribution in [1.82, 2.24) is 20.2 Å². The van der Waals surface area contributed by atoms with Crippen LogP contribution in [0.3, 0.4) is 0 Å². The molecule has 3 aromatic rings. The van der Waals surface area contributed by atoms with Crippen LogP contribution >= 0.6 is 11.6 Å². The number of hydrogen-bond acceptors (Lipinski definition) is 4. The number of benzene rings is 2. The summed E-state index contributed by atoms with van der Waals surface area (Å²) in [5, 5.41) is 12.5. The van der Waals surface area contributed by atoms with E-state index in [-0.39, 0.29) is 0 Å². The molecule has 21 heavy (non-hydrogen) atoms. The normalized spacial score (nSPS) is 10.7. The maximum absolute atomic E-state index is 6.00. The Morgan fingerprint density at radius 2 is 1.90 bits per heavy atom. The van der Waals surface area contributed by atoms with Crippen LogP contribution in [0.25, 0.3) is 11.4 Å². The molecule has 3 rings (SSSR count). The van der Waals surface area contributed by atoms with Crippen molar-refractivity contribution >= 4 is 17.3 Å². The van der Waals surface area contributed by atoms with Crippen LogP contribution in [0.5, 0.6) is 0 Å². The van der Waals surface area contributed by atoms with Crippen molar-refractivity contribution in [3.05, 3.63) is 59.1 Å². The Bertz CT molecular complexity index is 739. The molecule has 0 aliphatic heterocycles. The second-order valence-corrected chi connectivity index (χ2v) is 5.13. The van der Waals surface area contributed by atoms with E-state index in [0.717, 1.165) is 12.0 Å². The van der Waals surface area contributed by atoms with Gasteiger partial charge in [-0.3, -0.25) is 0 Å². The molecule has 0 atom stereocenters. The van der Waals surface area contributed by atoms with Crippen molar-refractivity contribution in [3.63, 3.8) is 0 Å². The van der Waals surface area contributed by atoms with Gasteiger partial charge in [0.25, 0.3) is 0 Å². The lowest BCUT2D eigenvalue weighted by Gasteiger charge is -2.07. The van der Waals surface area contributed by atoms with Crippen LogP contribution in [0.4, 0.5) is 5.69 Å². The number of tetrazole rings is 1. The molecule has 2 N–H and O–H groups in total. The molecule has 0 amide bonds. The molecule has 106 valence electrons. The molecule has 0 aliphatic rings. The van der Waals surface area contributed by atoms with Gasteiger partial charge in [0.2, 0.25) is 0 Å². The summed E-state index contributed by atoms with van der Waals surface area (Å²) in [6, 6.07) is 15.5. The zero-order valence-electron chi connectivity index (χ0n) is 11.3. The third kappa shape index (κ3) is 3.03. The predicted octanol–water partition coefficient (Wildman–Crippen LogP) is 2.82. The Hall–Kier alpha value is -2.40. The summed E-state index contributed by atoms with van der Waals surface area (Å²) in [5.41, 5.74) is 8.59. The van der Waals surface area contributed by atoms with Crippen LogP contribution in [0.2, 0.25) is 5.02 Å². The quantitative estimate of drug-likeness (QED) is 0.752. The van der Waals surface area contributed by atoms with Gasteiger partial charge in [-0.2, -0.15) is 0 Å². The lowest BCUT2D eigenvalue weighted by molar-refractivity contribution is 0.594. The average molecular weight is 300 g/mol. The maximum Gasteiger partial charge on any atom is 0.184 e. The number of rotatable bonds is 4. The highest BCUT2D eigenvalue weighted by Crippen LogP contribution is 2.26.